The zero-order valence-electron chi connectivity index (χ0n) is 10.1. The molecule has 0 bridgehead atoms. The Labute approximate surface area is 121 Å². The number of benzene rings is 1. The molecule has 0 saturated heterocycles. The number of alkyl halides is 3. The molecular formula is C13H11BrF3NO2. The molecule has 7 heteroatoms. The summed E-state index contributed by atoms with van der Waals surface area (Å²) >= 11 is 3.01. The summed E-state index contributed by atoms with van der Waals surface area (Å²) < 4.78 is 44.0. The lowest BCUT2D eigenvalue weighted by Gasteiger charge is -2.16. The maximum Gasteiger partial charge on any atom is 0.418 e. The van der Waals surface area contributed by atoms with Crippen LogP contribution in [0.15, 0.2) is 45.5 Å². The number of aliphatic hydroxyl groups excluding tert-OH is 1. The Balaban J connectivity index is 2.13. The number of furan rings is 1. The zero-order valence-corrected chi connectivity index (χ0v) is 11.7. The molecule has 0 aliphatic rings. The van der Waals surface area contributed by atoms with Crippen molar-refractivity contribution in [3.8, 4) is 0 Å². The number of aliphatic hydroxyl groups is 1. The van der Waals surface area contributed by atoms with Gasteiger partial charge >= 0.3 is 6.18 Å². The van der Waals surface area contributed by atoms with E-state index < -0.39 is 17.8 Å². The van der Waals surface area contributed by atoms with E-state index in [4.69, 9.17) is 4.42 Å². The van der Waals surface area contributed by atoms with Crippen molar-refractivity contribution in [3.05, 3.63) is 52.4 Å². The molecule has 20 heavy (non-hydrogen) atoms. The Morgan fingerprint density at radius 1 is 1.30 bits per heavy atom. The maximum absolute atomic E-state index is 12.9. The van der Waals surface area contributed by atoms with E-state index in [1.54, 1.807) is 12.1 Å². The molecule has 2 rings (SSSR count). The first kappa shape index (κ1) is 14.9. The third-order valence-electron chi connectivity index (χ3n) is 2.64. The number of hydrogen-bond acceptors (Lipinski definition) is 3. The van der Waals surface area contributed by atoms with Crippen molar-refractivity contribution in [1.82, 2.24) is 0 Å². The van der Waals surface area contributed by atoms with Crippen molar-refractivity contribution in [3.63, 3.8) is 0 Å². The summed E-state index contributed by atoms with van der Waals surface area (Å²) in [5.41, 5.74) is -0.884. The van der Waals surface area contributed by atoms with E-state index in [1.165, 1.54) is 18.4 Å². The van der Waals surface area contributed by atoms with Gasteiger partial charge in [-0.15, -0.1) is 0 Å². The van der Waals surface area contributed by atoms with Crippen molar-refractivity contribution in [1.29, 1.82) is 0 Å². The summed E-state index contributed by atoms with van der Waals surface area (Å²) in [4.78, 5) is 0. The highest BCUT2D eigenvalue weighted by Crippen LogP contribution is 2.36. The highest BCUT2D eigenvalue weighted by atomic mass is 79.9. The zero-order chi connectivity index (χ0) is 14.8. The molecule has 3 nitrogen and oxygen atoms in total. The largest absolute Gasteiger partial charge is 0.467 e. The Hall–Kier alpha value is -1.47. The Morgan fingerprint density at radius 2 is 2.05 bits per heavy atom. The van der Waals surface area contributed by atoms with Gasteiger partial charge in [0, 0.05) is 16.7 Å². The minimum absolute atomic E-state index is 0.0851. The van der Waals surface area contributed by atoms with E-state index in [-0.39, 0.29) is 12.2 Å². The van der Waals surface area contributed by atoms with Gasteiger partial charge in [-0.3, -0.25) is 0 Å². The fourth-order valence-electron chi connectivity index (χ4n) is 1.69. The van der Waals surface area contributed by atoms with E-state index in [9.17, 15) is 18.3 Å². The summed E-state index contributed by atoms with van der Waals surface area (Å²) in [6.45, 7) is -0.0851. The highest BCUT2D eigenvalue weighted by Gasteiger charge is 2.33. The molecular weight excluding hydrogens is 339 g/mol. The van der Waals surface area contributed by atoms with E-state index in [0.29, 0.717) is 10.2 Å². The van der Waals surface area contributed by atoms with Crippen LogP contribution >= 0.6 is 15.9 Å². The van der Waals surface area contributed by atoms with Gasteiger partial charge in [0.15, 0.2) is 0 Å². The molecule has 0 fully saturated rings. The minimum Gasteiger partial charge on any atom is -0.467 e. The van der Waals surface area contributed by atoms with Crippen molar-refractivity contribution < 1.29 is 22.7 Å². The van der Waals surface area contributed by atoms with Crippen LogP contribution in [0.1, 0.15) is 17.4 Å². The second kappa shape index (κ2) is 5.88. The summed E-state index contributed by atoms with van der Waals surface area (Å²) in [5.74, 6) is 0.295. The van der Waals surface area contributed by atoms with Gasteiger partial charge in [-0.25, -0.2) is 0 Å². The van der Waals surface area contributed by atoms with Gasteiger partial charge < -0.3 is 14.8 Å². The molecule has 2 aromatic rings. The van der Waals surface area contributed by atoms with Crippen molar-refractivity contribution in [2.45, 2.75) is 12.3 Å². The molecule has 0 amide bonds. The van der Waals surface area contributed by atoms with Gasteiger partial charge in [-0.2, -0.15) is 13.2 Å². The first-order chi connectivity index (χ1) is 9.38. The van der Waals surface area contributed by atoms with Crippen LogP contribution in [-0.2, 0) is 6.18 Å². The Kier molecular flexibility index (Phi) is 4.39. The van der Waals surface area contributed by atoms with Gasteiger partial charge in [-0.05, 0) is 30.3 Å². The number of rotatable bonds is 4. The maximum atomic E-state index is 12.9. The van der Waals surface area contributed by atoms with Crippen LogP contribution in [-0.4, -0.2) is 11.7 Å². The number of halogens is 4. The van der Waals surface area contributed by atoms with Crippen LogP contribution in [0.2, 0.25) is 0 Å². The summed E-state index contributed by atoms with van der Waals surface area (Å²) in [6.07, 6.45) is -4.10. The van der Waals surface area contributed by atoms with Crippen LogP contribution in [0.5, 0.6) is 0 Å². The fraction of sp³-hybridized carbons (Fsp3) is 0.231. The summed E-state index contributed by atoms with van der Waals surface area (Å²) in [6, 6.07) is 6.94. The third kappa shape index (κ3) is 3.55. The Bertz CT molecular complexity index is 569. The predicted molar refractivity (Wildman–Crippen MR) is 71.3 cm³/mol. The number of anilines is 1. The molecule has 1 aromatic carbocycles. The predicted octanol–water partition coefficient (Wildman–Crippen LogP) is 4.21. The van der Waals surface area contributed by atoms with Gasteiger partial charge in [-0.1, -0.05) is 15.9 Å². The lowest BCUT2D eigenvalue weighted by atomic mass is 10.1. The average Bonchev–Trinajstić information content (AvgIpc) is 2.89. The molecule has 0 radical (unpaired) electrons. The van der Waals surface area contributed by atoms with Crippen LogP contribution in [0.3, 0.4) is 0 Å². The van der Waals surface area contributed by atoms with E-state index in [0.717, 1.165) is 6.07 Å². The third-order valence-corrected chi connectivity index (χ3v) is 3.14. The molecule has 1 atom stereocenters. The quantitative estimate of drug-likeness (QED) is 0.869. The van der Waals surface area contributed by atoms with Gasteiger partial charge in [0.2, 0.25) is 0 Å². The lowest BCUT2D eigenvalue weighted by molar-refractivity contribution is -0.137. The van der Waals surface area contributed by atoms with Crippen LogP contribution in [0.25, 0.3) is 0 Å². The smallest absolute Gasteiger partial charge is 0.418 e. The van der Waals surface area contributed by atoms with Gasteiger partial charge in [0.05, 0.1) is 11.8 Å². The van der Waals surface area contributed by atoms with Crippen LogP contribution in [0.4, 0.5) is 18.9 Å². The molecule has 1 unspecified atom stereocenters. The first-order valence-corrected chi connectivity index (χ1v) is 6.49. The Morgan fingerprint density at radius 3 is 2.65 bits per heavy atom. The SMILES string of the molecule is OC(CNc1ccc(Br)cc1C(F)(F)F)c1ccco1. The molecule has 108 valence electrons. The van der Waals surface area contributed by atoms with E-state index in [2.05, 4.69) is 21.2 Å². The van der Waals surface area contributed by atoms with Gasteiger partial charge in [0.25, 0.3) is 0 Å². The highest BCUT2D eigenvalue weighted by molar-refractivity contribution is 9.10. The standard InChI is InChI=1S/C13H11BrF3NO2/c14-8-3-4-10(9(6-8)13(15,16)17)18-7-11(19)12-2-1-5-20-12/h1-6,11,18-19H,7H2. The monoisotopic (exact) mass is 349 g/mol. The van der Waals surface area contributed by atoms with E-state index >= 15 is 0 Å². The average molecular weight is 350 g/mol. The van der Waals surface area contributed by atoms with Crippen LogP contribution in [0, 0.1) is 0 Å². The second-order valence-corrected chi connectivity index (χ2v) is 5.02. The molecule has 1 heterocycles. The first-order valence-electron chi connectivity index (χ1n) is 5.70. The number of hydrogen-bond donors (Lipinski definition) is 2. The second-order valence-electron chi connectivity index (χ2n) is 4.10. The van der Waals surface area contributed by atoms with Crippen molar-refractivity contribution >= 4 is 21.6 Å². The summed E-state index contributed by atoms with van der Waals surface area (Å²) in [5, 5.41) is 12.4. The fourth-order valence-corrected chi connectivity index (χ4v) is 2.05. The minimum atomic E-state index is -4.47. The molecule has 1 aromatic heterocycles. The molecule has 0 aliphatic heterocycles. The molecule has 0 saturated carbocycles. The topological polar surface area (TPSA) is 45.4 Å². The van der Waals surface area contributed by atoms with Gasteiger partial charge in [0.1, 0.15) is 11.9 Å². The molecule has 0 aliphatic carbocycles. The van der Waals surface area contributed by atoms with Crippen molar-refractivity contribution in [2.24, 2.45) is 0 Å². The summed E-state index contributed by atoms with van der Waals surface area (Å²) in [7, 11) is 0. The lowest BCUT2D eigenvalue weighted by Crippen LogP contribution is -2.15. The van der Waals surface area contributed by atoms with E-state index in [1.807, 2.05) is 0 Å². The normalized spacial score (nSPS) is 13.2. The molecule has 0 spiro atoms. The van der Waals surface area contributed by atoms with Crippen LogP contribution < -0.4 is 5.32 Å². The van der Waals surface area contributed by atoms with Crippen molar-refractivity contribution in [2.75, 3.05) is 11.9 Å². The molecule has 2 N–H and O–H groups in total. The number of nitrogens with one attached hydrogen (secondary N) is 1.